The maximum absolute atomic E-state index is 12.8. The van der Waals surface area contributed by atoms with Crippen molar-refractivity contribution in [3.05, 3.63) is 53.2 Å². The number of nitrogens with zero attached hydrogens (tertiary/aromatic N) is 7. The smallest absolute Gasteiger partial charge is 0.225 e. The van der Waals surface area contributed by atoms with E-state index >= 15 is 0 Å². The molecule has 3 aliphatic rings. The number of nitrogens with two attached hydrogens (primary N) is 1. The average Bonchev–Trinajstić information content (AvgIpc) is 3.14. The zero-order chi connectivity index (χ0) is 20.9. The molecule has 1 saturated carbocycles. The topological polar surface area (TPSA) is 116 Å². The van der Waals surface area contributed by atoms with Crippen LogP contribution in [0.5, 0.6) is 0 Å². The fraction of sp³-hybridized carbons (Fsp3) is 0.455. The van der Waals surface area contributed by atoms with Crippen molar-refractivity contribution in [1.29, 1.82) is 0 Å². The van der Waals surface area contributed by atoms with Gasteiger partial charge in [0.1, 0.15) is 11.5 Å². The normalized spacial score (nSPS) is 23.6. The number of rotatable bonds is 6. The van der Waals surface area contributed by atoms with Crippen molar-refractivity contribution in [1.82, 2.24) is 29.9 Å². The van der Waals surface area contributed by atoms with E-state index in [1.165, 1.54) is 6.42 Å². The molecular formula is C22H24N8O. The quantitative estimate of drug-likeness (QED) is 0.605. The van der Waals surface area contributed by atoms with Crippen molar-refractivity contribution in [2.75, 3.05) is 23.7 Å². The highest BCUT2D eigenvalue weighted by Gasteiger charge is 2.45. The third kappa shape index (κ3) is 3.54. The monoisotopic (exact) mass is 416 g/mol. The summed E-state index contributed by atoms with van der Waals surface area (Å²) in [5.41, 5.74) is 9.24. The third-order valence-corrected chi connectivity index (χ3v) is 6.75. The highest BCUT2D eigenvalue weighted by molar-refractivity contribution is 5.94. The van der Waals surface area contributed by atoms with Gasteiger partial charge in [-0.25, -0.2) is 19.6 Å². The molecule has 6 rings (SSSR count). The second-order valence-corrected chi connectivity index (χ2v) is 8.99. The molecule has 2 aliphatic carbocycles. The van der Waals surface area contributed by atoms with E-state index in [4.69, 9.17) is 5.73 Å². The fourth-order valence-corrected chi connectivity index (χ4v) is 4.95. The highest BCUT2D eigenvalue weighted by Crippen LogP contribution is 2.45. The molecule has 0 bridgehead atoms. The predicted molar refractivity (Wildman–Crippen MR) is 114 cm³/mol. The van der Waals surface area contributed by atoms with E-state index in [2.05, 4.69) is 30.2 Å². The Kier molecular flexibility index (Phi) is 4.22. The van der Waals surface area contributed by atoms with Gasteiger partial charge in [-0.2, -0.15) is 0 Å². The van der Waals surface area contributed by atoms with Gasteiger partial charge in [0.25, 0.3) is 0 Å². The summed E-state index contributed by atoms with van der Waals surface area (Å²) in [6, 6.07) is 3.80. The van der Waals surface area contributed by atoms with Crippen LogP contribution < -0.4 is 10.6 Å². The first-order valence-corrected chi connectivity index (χ1v) is 10.9. The first kappa shape index (κ1) is 18.4. The van der Waals surface area contributed by atoms with Gasteiger partial charge in [0.05, 0.1) is 12.7 Å². The van der Waals surface area contributed by atoms with Gasteiger partial charge < -0.3 is 10.6 Å². The van der Waals surface area contributed by atoms with E-state index in [9.17, 15) is 4.79 Å². The van der Waals surface area contributed by atoms with Gasteiger partial charge in [0.15, 0.2) is 5.78 Å². The summed E-state index contributed by atoms with van der Waals surface area (Å²) < 4.78 is 1.67. The lowest BCUT2D eigenvalue weighted by Crippen LogP contribution is -2.24. The van der Waals surface area contributed by atoms with E-state index in [1.54, 1.807) is 16.9 Å². The van der Waals surface area contributed by atoms with Gasteiger partial charge >= 0.3 is 0 Å². The highest BCUT2D eigenvalue weighted by atomic mass is 16.1. The Morgan fingerprint density at radius 1 is 1.16 bits per heavy atom. The zero-order valence-corrected chi connectivity index (χ0v) is 17.2. The molecule has 3 aromatic heterocycles. The average molecular weight is 416 g/mol. The van der Waals surface area contributed by atoms with Crippen LogP contribution in [-0.2, 0) is 13.0 Å². The molecule has 3 aromatic rings. The minimum atomic E-state index is 0.000112. The molecule has 9 nitrogen and oxygen atoms in total. The molecule has 31 heavy (non-hydrogen) atoms. The Bertz CT molecular complexity index is 1130. The van der Waals surface area contributed by atoms with Gasteiger partial charge in [-0.15, -0.1) is 5.10 Å². The summed E-state index contributed by atoms with van der Waals surface area (Å²) in [7, 11) is 0. The largest absolute Gasteiger partial charge is 0.384 e. The lowest BCUT2D eigenvalue weighted by atomic mass is 9.95. The minimum Gasteiger partial charge on any atom is -0.384 e. The second kappa shape index (κ2) is 7.11. The Labute approximate surface area is 179 Å². The van der Waals surface area contributed by atoms with E-state index in [-0.39, 0.29) is 11.7 Å². The lowest BCUT2D eigenvalue weighted by Gasteiger charge is -2.17. The number of pyridine rings is 1. The molecule has 0 aromatic carbocycles. The molecule has 1 aliphatic heterocycles. The van der Waals surface area contributed by atoms with E-state index < -0.39 is 0 Å². The molecule has 9 heteroatoms. The van der Waals surface area contributed by atoms with E-state index in [0.717, 1.165) is 60.5 Å². The number of ketones is 1. The molecule has 2 N–H and O–H groups in total. The summed E-state index contributed by atoms with van der Waals surface area (Å²) in [5, 5.41) is 8.23. The van der Waals surface area contributed by atoms with Crippen LogP contribution in [0.15, 0.2) is 30.7 Å². The van der Waals surface area contributed by atoms with Crippen molar-refractivity contribution in [3.63, 3.8) is 0 Å². The summed E-state index contributed by atoms with van der Waals surface area (Å²) >= 11 is 0. The maximum Gasteiger partial charge on any atom is 0.225 e. The number of carbonyl (C=O) groups excluding carboxylic acids is 1. The van der Waals surface area contributed by atoms with Gasteiger partial charge in [-0.1, -0.05) is 11.3 Å². The molecule has 3 atom stereocenters. The number of nitrogen functional groups attached to an aromatic ring is 1. The molecule has 1 saturated heterocycles. The summed E-state index contributed by atoms with van der Waals surface area (Å²) in [6.45, 7) is 2.64. The van der Waals surface area contributed by atoms with Crippen molar-refractivity contribution in [2.45, 2.75) is 38.1 Å². The standard InChI is InChI=1S/C22H24N8O/c23-21-4-2-17-14(1-3-18(17)26-21)6-20(31)19-12-30(28-27-19)9-13-7-24-22(25-8-13)29-10-15-5-16(15)11-29/h2,4,7-8,12,14-16H,1,3,5-6,9-11H2,(H2,23,26)/t14-,15?,16?/m0/s1. The molecular weight excluding hydrogens is 392 g/mol. The van der Waals surface area contributed by atoms with Crippen LogP contribution in [0.2, 0.25) is 0 Å². The summed E-state index contributed by atoms with van der Waals surface area (Å²) in [6.07, 6.45) is 8.93. The van der Waals surface area contributed by atoms with Crippen LogP contribution in [-0.4, -0.2) is 48.8 Å². The molecule has 2 fully saturated rings. The number of anilines is 2. The minimum absolute atomic E-state index is 0.000112. The molecule has 0 amide bonds. The van der Waals surface area contributed by atoms with Crippen LogP contribution in [0, 0.1) is 11.8 Å². The molecule has 2 unspecified atom stereocenters. The molecule has 158 valence electrons. The second-order valence-electron chi connectivity index (χ2n) is 8.99. The molecule has 4 heterocycles. The molecule has 0 spiro atoms. The van der Waals surface area contributed by atoms with Crippen LogP contribution in [0.25, 0.3) is 0 Å². The van der Waals surface area contributed by atoms with Gasteiger partial charge in [-0.05, 0) is 48.6 Å². The Balaban J connectivity index is 1.09. The number of Topliss-reactive ketones (excluding diaryl/α,β-unsaturated/α-hetero) is 1. The number of aromatic nitrogens is 6. The summed E-state index contributed by atoms with van der Waals surface area (Å²) in [5.74, 6) is 3.20. The van der Waals surface area contributed by atoms with Crippen LogP contribution in [0.3, 0.4) is 0 Å². The number of carbonyl (C=O) groups is 1. The maximum atomic E-state index is 12.8. The first-order valence-electron chi connectivity index (χ1n) is 10.9. The lowest BCUT2D eigenvalue weighted by molar-refractivity contribution is 0.0968. The van der Waals surface area contributed by atoms with Gasteiger partial charge in [0, 0.05) is 43.2 Å². The van der Waals surface area contributed by atoms with Gasteiger partial charge in [0.2, 0.25) is 5.95 Å². The fourth-order valence-electron chi connectivity index (χ4n) is 4.95. The SMILES string of the molecule is Nc1ccc2c(n1)CC[C@H]2CC(=O)c1cn(Cc2cnc(N3CC4CC4C3)nc2)nn1. The number of hydrogen-bond acceptors (Lipinski definition) is 8. The molecule has 0 radical (unpaired) electrons. The third-order valence-electron chi connectivity index (χ3n) is 6.75. The van der Waals surface area contributed by atoms with Crippen molar-refractivity contribution in [2.24, 2.45) is 11.8 Å². The zero-order valence-electron chi connectivity index (χ0n) is 17.2. The number of aryl methyl sites for hydroxylation is 1. The van der Waals surface area contributed by atoms with E-state index in [1.807, 2.05) is 18.5 Å². The van der Waals surface area contributed by atoms with Crippen LogP contribution in [0.4, 0.5) is 11.8 Å². The van der Waals surface area contributed by atoms with Crippen molar-refractivity contribution < 1.29 is 4.79 Å². The Morgan fingerprint density at radius 3 is 2.77 bits per heavy atom. The number of hydrogen-bond donors (Lipinski definition) is 1. The number of fused-ring (bicyclic) bond motifs is 2. The van der Waals surface area contributed by atoms with Crippen LogP contribution in [0.1, 0.15) is 52.5 Å². The predicted octanol–water partition coefficient (Wildman–Crippen LogP) is 1.85. The van der Waals surface area contributed by atoms with E-state index in [0.29, 0.717) is 24.5 Å². The first-order chi connectivity index (χ1) is 15.1. The van der Waals surface area contributed by atoms with Crippen molar-refractivity contribution in [3.8, 4) is 0 Å². The van der Waals surface area contributed by atoms with Crippen LogP contribution >= 0.6 is 0 Å². The number of piperidine rings is 1. The Morgan fingerprint density at radius 2 is 1.97 bits per heavy atom. The van der Waals surface area contributed by atoms with Crippen molar-refractivity contribution >= 4 is 17.5 Å². The summed E-state index contributed by atoms with van der Waals surface area (Å²) in [4.78, 5) is 28.5. The Hall–Kier alpha value is -3.36. The van der Waals surface area contributed by atoms with Gasteiger partial charge in [-0.3, -0.25) is 4.79 Å².